The average molecular weight is 220 g/mol. The summed E-state index contributed by atoms with van der Waals surface area (Å²) in [4.78, 5) is 13.6. The predicted octanol–water partition coefficient (Wildman–Crippen LogP) is 1.64. The Morgan fingerprint density at radius 1 is 1.64 bits per heavy atom. The molecule has 0 saturated carbocycles. The highest BCUT2D eigenvalue weighted by Crippen LogP contribution is 2.19. The fourth-order valence-corrected chi connectivity index (χ4v) is 2.01. The van der Waals surface area contributed by atoms with Crippen LogP contribution in [0.15, 0.2) is 0 Å². The van der Waals surface area contributed by atoms with Crippen LogP contribution in [0.5, 0.6) is 0 Å². The number of carbonyl (C=O) groups is 1. The number of alkyl halides is 1. The van der Waals surface area contributed by atoms with E-state index in [1.54, 1.807) is 14.0 Å². The monoisotopic (exact) mass is 219 g/mol. The maximum atomic E-state index is 11.7. The number of amides is 1. The van der Waals surface area contributed by atoms with Gasteiger partial charge in [-0.1, -0.05) is 0 Å². The van der Waals surface area contributed by atoms with Gasteiger partial charge in [-0.15, -0.1) is 11.6 Å². The van der Waals surface area contributed by atoms with Crippen LogP contribution in [-0.4, -0.2) is 42.5 Å². The lowest BCUT2D eigenvalue weighted by atomic mass is 10.0. The summed E-state index contributed by atoms with van der Waals surface area (Å²) in [5.41, 5.74) is 0. The molecule has 1 aliphatic heterocycles. The van der Waals surface area contributed by atoms with Crippen LogP contribution < -0.4 is 0 Å². The molecule has 1 heterocycles. The van der Waals surface area contributed by atoms with Crippen molar-refractivity contribution in [3.05, 3.63) is 0 Å². The number of methoxy groups -OCH3 is 1. The van der Waals surface area contributed by atoms with Crippen LogP contribution >= 0.6 is 11.6 Å². The third kappa shape index (κ3) is 2.85. The molecule has 0 bridgehead atoms. The molecule has 0 N–H and O–H groups in total. The van der Waals surface area contributed by atoms with Crippen molar-refractivity contribution in [2.75, 3.05) is 20.3 Å². The smallest absolute Gasteiger partial charge is 0.240 e. The van der Waals surface area contributed by atoms with Crippen LogP contribution in [0.4, 0.5) is 0 Å². The minimum Gasteiger partial charge on any atom is -0.383 e. The van der Waals surface area contributed by atoms with Gasteiger partial charge in [-0.05, 0) is 26.2 Å². The number of carbonyl (C=O) groups excluding carboxylic acids is 1. The molecular weight excluding hydrogens is 202 g/mol. The van der Waals surface area contributed by atoms with Crippen molar-refractivity contribution in [3.8, 4) is 0 Å². The van der Waals surface area contributed by atoms with Gasteiger partial charge < -0.3 is 9.64 Å². The second kappa shape index (κ2) is 5.56. The topological polar surface area (TPSA) is 29.5 Å². The van der Waals surface area contributed by atoms with Gasteiger partial charge in [0.1, 0.15) is 5.38 Å². The van der Waals surface area contributed by atoms with Crippen molar-refractivity contribution in [2.24, 2.45) is 0 Å². The minimum atomic E-state index is -0.424. The maximum absolute atomic E-state index is 11.7. The largest absolute Gasteiger partial charge is 0.383 e. The molecule has 4 heteroatoms. The lowest BCUT2D eigenvalue weighted by Gasteiger charge is -2.36. The molecule has 0 aromatic carbocycles. The van der Waals surface area contributed by atoms with Crippen molar-refractivity contribution in [1.29, 1.82) is 0 Å². The van der Waals surface area contributed by atoms with Crippen molar-refractivity contribution in [1.82, 2.24) is 4.90 Å². The van der Waals surface area contributed by atoms with Gasteiger partial charge in [0, 0.05) is 13.7 Å². The highest BCUT2D eigenvalue weighted by molar-refractivity contribution is 6.30. The average Bonchev–Trinajstić information content (AvgIpc) is 2.18. The van der Waals surface area contributed by atoms with Crippen molar-refractivity contribution < 1.29 is 9.53 Å². The second-order valence-corrected chi connectivity index (χ2v) is 4.41. The summed E-state index contributed by atoms with van der Waals surface area (Å²) < 4.78 is 5.10. The minimum absolute atomic E-state index is 0.0356. The standard InChI is InChI=1S/C10H18ClNO2/c1-8(11)10(13)12-6-4-3-5-9(12)7-14-2/h8-9H,3-7H2,1-2H3/t8-,9+/m1/s1. The summed E-state index contributed by atoms with van der Waals surface area (Å²) in [5.74, 6) is 0.0356. The summed E-state index contributed by atoms with van der Waals surface area (Å²) >= 11 is 5.80. The molecule has 0 unspecified atom stereocenters. The summed E-state index contributed by atoms with van der Waals surface area (Å²) in [7, 11) is 1.67. The predicted molar refractivity (Wildman–Crippen MR) is 56.5 cm³/mol. The van der Waals surface area contributed by atoms with E-state index < -0.39 is 5.38 Å². The Kier molecular flexibility index (Phi) is 4.69. The molecule has 0 spiro atoms. The first-order valence-corrected chi connectivity index (χ1v) is 5.54. The Hall–Kier alpha value is -0.280. The maximum Gasteiger partial charge on any atom is 0.240 e. The van der Waals surface area contributed by atoms with Gasteiger partial charge in [-0.2, -0.15) is 0 Å². The summed E-state index contributed by atoms with van der Waals surface area (Å²) in [6, 6.07) is 0.224. The Labute approximate surface area is 90.4 Å². The zero-order valence-corrected chi connectivity index (χ0v) is 9.59. The third-order valence-corrected chi connectivity index (χ3v) is 2.80. The number of nitrogens with zero attached hydrogens (tertiary/aromatic N) is 1. The quantitative estimate of drug-likeness (QED) is 0.676. The molecule has 3 nitrogen and oxygen atoms in total. The fourth-order valence-electron chi connectivity index (χ4n) is 1.88. The zero-order valence-electron chi connectivity index (χ0n) is 8.83. The van der Waals surface area contributed by atoms with Crippen LogP contribution in [0.25, 0.3) is 0 Å². The Balaban J connectivity index is 2.57. The van der Waals surface area contributed by atoms with E-state index in [4.69, 9.17) is 16.3 Å². The molecule has 0 aromatic rings. The Bertz CT molecular complexity index is 195. The summed E-state index contributed by atoms with van der Waals surface area (Å²) in [6.07, 6.45) is 3.28. The highest BCUT2D eigenvalue weighted by Gasteiger charge is 2.28. The van der Waals surface area contributed by atoms with Gasteiger partial charge in [-0.3, -0.25) is 4.79 Å². The van der Waals surface area contributed by atoms with E-state index in [1.807, 2.05) is 4.90 Å². The normalized spacial score (nSPS) is 24.8. The second-order valence-electron chi connectivity index (χ2n) is 3.75. The molecule has 0 radical (unpaired) electrons. The fraction of sp³-hybridized carbons (Fsp3) is 0.900. The lowest BCUT2D eigenvalue weighted by molar-refractivity contribution is -0.135. The van der Waals surface area contributed by atoms with Gasteiger partial charge in [0.25, 0.3) is 0 Å². The van der Waals surface area contributed by atoms with E-state index >= 15 is 0 Å². The van der Waals surface area contributed by atoms with E-state index in [-0.39, 0.29) is 11.9 Å². The van der Waals surface area contributed by atoms with E-state index in [9.17, 15) is 4.79 Å². The van der Waals surface area contributed by atoms with Crippen molar-refractivity contribution in [3.63, 3.8) is 0 Å². The number of halogens is 1. The van der Waals surface area contributed by atoms with Crippen LogP contribution in [0.1, 0.15) is 26.2 Å². The molecule has 1 fully saturated rings. The van der Waals surface area contributed by atoms with E-state index in [0.717, 1.165) is 19.4 Å². The van der Waals surface area contributed by atoms with Gasteiger partial charge in [-0.25, -0.2) is 0 Å². The number of ether oxygens (including phenoxy) is 1. The van der Waals surface area contributed by atoms with Gasteiger partial charge in [0.15, 0.2) is 0 Å². The van der Waals surface area contributed by atoms with Gasteiger partial charge in [0.05, 0.1) is 12.6 Å². The molecule has 1 aliphatic rings. The zero-order chi connectivity index (χ0) is 10.6. The first kappa shape index (κ1) is 11.8. The van der Waals surface area contributed by atoms with Crippen LogP contribution in [0.3, 0.4) is 0 Å². The SMILES string of the molecule is COC[C@@H]1CCCCN1C(=O)[C@@H](C)Cl. The molecule has 1 amide bonds. The number of piperidine rings is 1. The highest BCUT2D eigenvalue weighted by atomic mass is 35.5. The summed E-state index contributed by atoms with van der Waals surface area (Å²) in [6.45, 7) is 3.17. The summed E-state index contributed by atoms with van der Waals surface area (Å²) in [5, 5.41) is -0.424. The van der Waals surface area contributed by atoms with Crippen LogP contribution in [-0.2, 0) is 9.53 Å². The van der Waals surface area contributed by atoms with E-state index in [2.05, 4.69) is 0 Å². The molecule has 0 aromatic heterocycles. The molecule has 0 aliphatic carbocycles. The molecule has 1 rings (SSSR count). The molecule has 1 saturated heterocycles. The van der Waals surface area contributed by atoms with Gasteiger partial charge in [0.2, 0.25) is 5.91 Å². The van der Waals surface area contributed by atoms with Gasteiger partial charge >= 0.3 is 0 Å². The lowest BCUT2D eigenvalue weighted by Crippen LogP contribution is -2.48. The first-order chi connectivity index (χ1) is 6.66. The van der Waals surface area contributed by atoms with Crippen molar-refractivity contribution in [2.45, 2.75) is 37.6 Å². The van der Waals surface area contributed by atoms with Crippen LogP contribution in [0, 0.1) is 0 Å². The Morgan fingerprint density at radius 3 is 2.93 bits per heavy atom. The molecule has 14 heavy (non-hydrogen) atoms. The van der Waals surface area contributed by atoms with E-state index in [0.29, 0.717) is 6.61 Å². The third-order valence-electron chi connectivity index (χ3n) is 2.61. The number of hydrogen-bond donors (Lipinski definition) is 0. The molecular formula is C10H18ClNO2. The van der Waals surface area contributed by atoms with Crippen molar-refractivity contribution >= 4 is 17.5 Å². The molecule has 2 atom stereocenters. The van der Waals surface area contributed by atoms with Crippen LogP contribution in [0.2, 0.25) is 0 Å². The number of hydrogen-bond acceptors (Lipinski definition) is 2. The Morgan fingerprint density at radius 2 is 2.36 bits per heavy atom. The number of likely N-dealkylation sites (tertiary alicyclic amines) is 1. The first-order valence-electron chi connectivity index (χ1n) is 5.10. The molecule has 82 valence electrons. The number of rotatable bonds is 3. The van der Waals surface area contributed by atoms with E-state index in [1.165, 1.54) is 6.42 Å².